The highest BCUT2D eigenvalue weighted by Crippen LogP contribution is 2.38. The van der Waals surface area contributed by atoms with E-state index in [2.05, 4.69) is 9.97 Å². The third kappa shape index (κ3) is 4.24. The molecule has 0 unspecified atom stereocenters. The van der Waals surface area contributed by atoms with E-state index < -0.39 is 5.56 Å². The molecule has 8 nitrogen and oxygen atoms in total. The van der Waals surface area contributed by atoms with Crippen molar-refractivity contribution in [3.63, 3.8) is 0 Å². The number of nitrogens with one attached hydrogen (secondary N) is 1. The first-order chi connectivity index (χ1) is 13.2. The Morgan fingerprint density at radius 1 is 1.41 bits per heavy atom. The molecule has 0 saturated carbocycles. The van der Waals surface area contributed by atoms with Crippen LogP contribution in [-0.4, -0.2) is 49.4 Å². The zero-order chi connectivity index (χ0) is 19.2. The maximum atomic E-state index is 12.2. The van der Waals surface area contributed by atoms with Crippen LogP contribution in [0.4, 0.5) is 0 Å². The predicted octanol–water partition coefficient (Wildman–Crippen LogP) is 2.18. The molecule has 1 saturated heterocycles. The first-order valence-corrected chi connectivity index (χ1v) is 9.52. The van der Waals surface area contributed by atoms with E-state index in [4.69, 9.17) is 18.9 Å². The largest absolute Gasteiger partial charge is 0.493 e. The van der Waals surface area contributed by atoms with Crippen molar-refractivity contribution in [3.8, 4) is 28.8 Å². The van der Waals surface area contributed by atoms with Gasteiger partial charge in [0.25, 0.3) is 5.56 Å². The Morgan fingerprint density at radius 2 is 2.19 bits per heavy atom. The van der Waals surface area contributed by atoms with E-state index in [9.17, 15) is 10.1 Å². The second-order valence-electron chi connectivity index (χ2n) is 5.56. The van der Waals surface area contributed by atoms with Crippen molar-refractivity contribution in [1.82, 2.24) is 9.97 Å². The van der Waals surface area contributed by atoms with E-state index in [1.54, 1.807) is 24.5 Å². The Bertz CT molecular complexity index is 903. The number of methoxy groups -OCH3 is 1. The maximum Gasteiger partial charge on any atom is 0.270 e. The second-order valence-corrected chi connectivity index (χ2v) is 6.35. The van der Waals surface area contributed by atoms with Gasteiger partial charge in [-0.15, -0.1) is 0 Å². The summed E-state index contributed by atoms with van der Waals surface area (Å²) in [7, 11) is 1.53. The number of nitriles is 1. The molecule has 0 amide bonds. The minimum absolute atomic E-state index is 0.0756. The minimum atomic E-state index is -0.492. The van der Waals surface area contributed by atoms with Gasteiger partial charge in [-0.2, -0.15) is 5.26 Å². The summed E-state index contributed by atoms with van der Waals surface area (Å²) in [5.41, 5.74) is 0.204. The molecule has 142 valence electrons. The van der Waals surface area contributed by atoms with Crippen LogP contribution < -0.4 is 15.0 Å². The van der Waals surface area contributed by atoms with Gasteiger partial charge in [-0.25, -0.2) is 4.98 Å². The molecular weight excluding hydrogens is 370 g/mol. The third-order valence-corrected chi connectivity index (χ3v) is 4.53. The lowest BCUT2D eigenvalue weighted by Crippen LogP contribution is -2.16. The van der Waals surface area contributed by atoms with E-state index in [1.165, 1.54) is 18.9 Å². The fraction of sp³-hybridized carbons (Fsp3) is 0.389. The Hall–Kier alpha value is -2.54. The molecule has 0 atom stereocenters. The summed E-state index contributed by atoms with van der Waals surface area (Å²) in [5.74, 6) is 0.900. The molecule has 0 spiro atoms. The molecular formula is C18H19N3O5S. The van der Waals surface area contributed by atoms with E-state index in [0.29, 0.717) is 48.5 Å². The van der Waals surface area contributed by atoms with Crippen molar-refractivity contribution < 1.29 is 18.9 Å². The quantitative estimate of drug-likeness (QED) is 0.567. The van der Waals surface area contributed by atoms with Gasteiger partial charge in [-0.1, -0.05) is 17.8 Å². The maximum absolute atomic E-state index is 12.2. The number of hydrogen-bond donors (Lipinski definition) is 1. The molecule has 2 heterocycles. The van der Waals surface area contributed by atoms with Crippen LogP contribution in [0.1, 0.15) is 12.0 Å². The molecule has 0 radical (unpaired) electrons. The molecule has 0 bridgehead atoms. The number of aromatic nitrogens is 2. The van der Waals surface area contributed by atoms with Crippen molar-refractivity contribution in [2.75, 3.05) is 33.2 Å². The van der Waals surface area contributed by atoms with Crippen molar-refractivity contribution >= 4 is 11.8 Å². The van der Waals surface area contributed by atoms with Gasteiger partial charge >= 0.3 is 0 Å². The van der Waals surface area contributed by atoms with Crippen LogP contribution in [-0.2, 0) is 9.47 Å². The van der Waals surface area contributed by atoms with E-state index in [-0.39, 0.29) is 17.5 Å². The smallest absolute Gasteiger partial charge is 0.270 e. The number of rotatable bonds is 7. The molecule has 0 aliphatic carbocycles. The van der Waals surface area contributed by atoms with Crippen LogP contribution in [0.2, 0.25) is 0 Å². The third-order valence-electron chi connectivity index (χ3n) is 3.95. The Kier molecular flexibility index (Phi) is 6.34. The molecule has 27 heavy (non-hydrogen) atoms. The Labute approximate surface area is 160 Å². The SMILES string of the molecule is COc1cccc(-c2nc(SC)[nH]c(=O)c2C#N)c1OCCC1OCCO1. The first kappa shape index (κ1) is 19.2. The number of aromatic amines is 1. The normalized spacial score (nSPS) is 14.1. The van der Waals surface area contributed by atoms with Crippen molar-refractivity contribution in [2.45, 2.75) is 17.9 Å². The van der Waals surface area contributed by atoms with Crippen molar-refractivity contribution in [1.29, 1.82) is 5.26 Å². The highest BCUT2D eigenvalue weighted by molar-refractivity contribution is 7.98. The first-order valence-electron chi connectivity index (χ1n) is 8.29. The lowest BCUT2D eigenvalue weighted by atomic mass is 10.1. The zero-order valence-corrected chi connectivity index (χ0v) is 15.8. The van der Waals surface area contributed by atoms with Crippen LogP contribution in [0.3, 0.4) is 0 Å². The van der Waals surface area contributed by atoms with Crippen LogP contribution >= 0.6 is 11.8 Å². The summed E-state index contributed by atoms with van der Waals surface area (Å²) in [6.07, 6.45) is 2.04. The van der Waals surface area contributed by atoms with Crippen molar-refractivity contribution in [3.05, 3.63) is 34.1 Å². The lowest BCUT2D eigenvalue weighted by Gasteiger charge is -2.16. The fourth-order valence-corrected chi connectivity index (χ4v) is 3.07. The van der Waals surface area contributed by atoms with Gasteiger partial charge in [0.15, 0.2) is 22.9 Å². The van der Waals surface area contributed by atoms with E-state index >= 15 is 0 Å². The Balaban J connectivity index is 1.99. The Morgan fingerprint density at radius 3 is 2.85 bits per heavy atom. The molecule has 1 aliphatic heterocycles. The van der Waals surface area contributed by atoms with Gasteiger partial charge < -0.3 is 23.9 Å². The lowest BCUT2D eigenvalue weighted by molar-refractivity contribution is -0.0532. The standard InChI is InChI=1S/C18H19N3O5S/c1-23-13-5-3-4-11(16(13)26-7-6-14-24-8-9-25-14)15-12(10-19)17(22)21-18(20-15)27-2/h3-5,14H,6-9H2,1-2H3,(H,20,21,22). The monoisotopic (exact) mass is 389 g/mol. The van der Waals surface area contributed by atoms with Crippen LogP contribution in [0, 0.1) is 11.3 Å². The molecule has 1 aromatic heterocycles. The number of hydrogen-bond acceptors (Lipinski definition) is 8. The minimum Gasteiger partial charge on any atom is -0.493 e. The summed E-state index contributed by atoms with van der Waals surface area (Å²) in [5, 5.41) is 9.85. The second kappa shape index (κ2) is 8.90. The number of benzene rings is 1. The highest BCUT2D eigenvalue weighted by atomic mass is 32.2. The number of ether oxygens (including phenoxy) is 4. The van der Waals surface area contributed by atoms with Gasteiger partial charge in [0.2, 0.25) is 0 Å². The summed E-state index contributed by atoms with van der Waals surface area (Å²) in [6, 6.07) is 7.17. The number of nitrogens with zero attached hydrogens (tertiary/aromatic N) is 2. The summed E-state index contributed by atoms with van der Waals surface area (Å²) < 4.78 is 22.2. The zero-order valence-electron chi connectivity index (χ0n) is 15.0. The molecule has 1 aliphatic rings. The average molecular weight is 389 g/mol. The molecule has 1 N–H and O–H groups in total. The van der Waals surface area contributed by atoms with Gasteiger partial charge in [0.1, 0.15) is 17.3 Å². The van der Waals surface area contributed by atoms with Crippen LogP contribution in [0.5, 0.6) is 11.5 Å². The van der Waals surface area contributed by atoms with Crippen LogP contribution in [0.25, 0.3) is 11.3 Å². The van der Waals surface area contributed by atoms with Gasteiger partial charge in [-0.05, 0) is 18.4 Å². The fourth-order valence-electron chi connectivity index (χ4n) is 2.69. The van der Waals surface area contributed by atoms with Crippen molar-refractivity contribution in [2.24, 2.45) is 0 Å². The highest BCUT2D eigenvalue weighted by Gasteiger charge is 2.21. The predicted molar refractivity (Wildman–Crippen MR) is 99.1 cm³/mol. The van der Waals surface area contributed by atoms with Crippen LogP contribution in [0.15, 0.2) is 28.2 Å². The summed E-state index contributed by atoms with van der Waals surface area (Å²) in [4.78, 5) is 19.2. The van der Waals surface area contributed by atoms with Gasteiger partial charge in [0, 0.05) is 12.0 Å². The van der Waals surface area contributed by atoms with E-state index in [0.717, 1.165) is 0 Å². The van der Waals surface area contributed by atoms with Gasteiger partial charge in [-0.3, -0.25) is 4.79 Å². The molecule has 1 fully saturated rings. The molecule has 9 heteroatoms. The topological polar surface area (TPSA) is 106 Å². The number of H-pyrrole nitrogens is 1. The average Bonchev–Trinajstić information content (AvgIpc) is 3.20. The summed E-state index contributed by atoms with van der Waals surface area (Å²) in [6.45, 7) is 1.47. The van der Waals surface area contributed by atoms with Gasteiger partial charge in [0.05, 0.1) is 26.9 Å². The van der Waals surface area contributed by atoms with E-state index in [1.807, 2.05) is 6.07 Å². The number of thioether (sulfide) groups is 1. The molecule has 1 aromatic carbocycles. The molecule has 2 aromatic rings. The molecule has 3 rings (SSSR count). The summed E-state index contributed by atoms with van der Waals surface area (Å²) >= 11 is 1.28. The number of para-hydroxylation sites is 1.